The molecule has 0 unspecified atom stereocenters. The minimum Gasteiger partial charge on any atom is -0.385 e. The molecule has 6 heteroatoms. The first-order chi connectivity index (χ1) is 9.70. The number of thioether (sulfide) groups is 1. The Morgan fingerprint density at radius 1 is 1.55 bits per heavy atom. The van der Waals surface area contributed by atoms with E-state index in [-0.39, 0.29) is 17.9 Å². The molecule has 0 saturated carbocycles. The molecule has 0 spiro atoms. The summed E-state index contributed by atoms with van der Waals surface area (Å²) in [5, 5.41) is 5.69. The van der Waals surface area contributed by atoms with Gasteiger partial charge in [0.05, 0.1) is 6.04 Å². The highest BCUT2D eigenvalue weighted by molar-refractivity contribution is 7.99. The smallest absolute Gasteiger partial charge is 0.315 e. The Bertz CT molecular complexity index is 470. The Morgan fingerprint density at radius 2 is 2.40 bits per heavy atom. The zero-order valence-electron chi connectivity index (χ0n) is 11.4. The fourth-order valence-corrected chi connectivity index (χ4v) is 3.25. The predicted molar refractivity (Wildman–Crippen MR) is 77.5 cm³/mol. The van der Waals surface area contributed by atoms with Crippen LogP contribution in [0.1, 0.15) is 24.4 Å². The molecule has 1 aromatic rings. The van der Waals surface area contributed by atoms with Crippen molar-refractivity contribution in [2.24, 2.45) is 0 Å². The summed E-state index contributed by atoms with van der Waals surface area (Å²) in [6, 6.07) is 4.41. The summed E-state index contributed by atoms with van der Waals surface area (Å²) in [7, 11) is 1.63. The summed E-state index contributed by atoms with van der Waals surface area (Å²) in [6.45, 7) is 1.19. The number of rotatable bonds is 5. The topological polar surface area (TPSA) is 50.4 Å². The lowest BCUT2D eigenvalue weighted by Crippen LogP contribution is -2.39. The number of carbonyl (C=O) groups excluding carboxylic acids is 1. The zero-order chi connectivity index (χ0) is 14.4. The molecule has 1 aliphatic heterocycles. The molecule has 0 bridgehead atoms. The van der Waals surface area contributed by atoms with Gasteiger partial charge in [-0.3, -0.25) is 0 Å². The Balaban J connectivity index is 1.91. The van der Waals surface area contributed by atoms with E-state index < -0.39 is 0 Å². The van der Waals surface area contributed by atoms with Gasteiger partial charge in [-0.05, 0) is 36.6 Å². The Morgan fingerprint density at radius 3 is 3.20 bits per heavy atom. The molecule has 0 aliphatic carbocycles. The van der Waals surface area contributed by atoms with E-state index in [9.17, 15) is 9.18 Å². The molecule has 1 heterocycles. The van der Waals surface area contributed by atoms with Crippen LogP contribution in [0.15, 0.2) is 23.1 Å². The SMILES string of the molecule is COCCCNC(=O)N[C@@H]1CCSc2ccc(F)cc21. The fourth-order valence-electron chi connectivity index (χ4n) is 2.14. The van der Waals surface area contributed by atoms with Gasteiger partial charge in [-0.25, -0.2) is 9.18 Å². The summed E-state index contributed by atoms with van der Waals surface area (Å²) < 4.78 is 18.3. The van der Waals surface area contributed by atoms with Gasteiger partial charge in [0.15, 0.2) is 0 Å². The summed E-state index contributed by atoms with van der Waals surface area (Å²) in [6.07, 6.45) is 1.59. The van der Waals surface area contributed by atoms with Crippen LogP contribution in [-0.4, -0.2) is 32.0 Å². The van der Waals surface area contributed by atoms with Crippen molar-refractivity contribution < 1.29 is 13.9 Å². The van der Waals surface area contributed by atoms with E-state index in [0.717, 1.165) is 29.1 Å². The maximum absolute atomic E-state index is 13.3. The van der Waals surface area contributed by atoms with E-state index in [2.05, 4.69) is 10.6 Å². The molecule has 1 aromatic carbocycles. The lowest BCUT2D eigenvalue weighted by atomic mass is 10.0. The van der Waals surface area contributed by atoms with Crippen LogP contribution in [-0.2, 0) is 4.74 Å². The molecular weight excluding hydrogens is 279 g/mol. The molecule has 110 valence electrons. The van der Waals surface area contributed by atoms with Crippen molar-refractivity contribution in [2.75, 3.05) is 26.0 Å². The van der Waals surface area contributed by atoms with E-state index in [1.54, 1.807) is 24.9 Å². The van der Waals surface area contributed by atoms with Crippen LogP contribution in [0, 0.1) is 5.82 Å². The standard InChI is InChI=1S/C14H19FN2O2S/c1-19-7-2-6-16-14(18)17-12-5-8-20-13-4-3-10(15)9-11(12)13/h3-4,9,12H,2,5-8H2,1H3,(H2,16,17,18)/t12-/m1/s1. The lowest BCUT2D eigenvalue weighted by molar-refractivity contribution is 0.193. The van der Waals surface area contributed by atoms with Gasteiger partial charge < -0.3 is 15.4 Å². The third-order valence-corrected chi connectivity index (χ3v) is 4.25. The van der Waals surface area contributed by atoms with Crippen molar-refractivity contribution in [3.05, 3.63) is 29.6 Å². The second-order valence-corrected chi connectivity index (χ2v) is 5.76. The van der Waals surface area contributed by atoms with Gasteiger partial charge in [-0.2, -0.15) is 0 Å². The van der Waals surface area contributed by atoms with Crippen LogP contribution >= 0.6 is 11.8 Å². The molecule has 0 radical (unpaired) electrons. The predicted octanol–water partition coefficient (Wildman–Crippen LogP) is 2.70. The summed E-state index contributed by atoms with van der Waals surface area (Å²) in [5.74, 6) is 0.659. The number of fused-ring (bicyclic) bond motifs is 1. The normalized spacial score (nSPS) is 17.4. The van der Waals surface area contributed by atoms with E-state index in [1.807, 2.05) is 0 Å². The molecule has 2 rings (SSSR count). The van der Waals surface area contributed by atoms with Crippen LogP contribution in [0.25, 0.3) is 0 Å². The van der Waals surface area contributed by atoms with Crippen molar-refractivity contribution >= 4 is 17.8 Å². The van der Waals surface area contributed by atoms with Crippen LogP contribution in [0.5, 0.6) is 0 Å². The van der Waals surface area contributed by atoms with Crippen LogP contribution in [0.4, 0.5) is 9.18 Å². The molecule has 4 nitrogen and oxygen atoms in total. The quantitative estimate of drug-likeness (QED) is 0.822. The van der Waals surface area contributed by atoms with E-state index in [0.29, 0.717) is 13.2 Å². The second-order valence-electron chi connectivity index (χ2n) is 4.62. The molecule has 0 saturated heterocycles. The molecule has 0 aromatic heterocycles. The Labute approximate surface area is 122 Å². The van der Waals surface area contributed by atoms with Gasteiger partial charge in [0.25, 0.3) is 0 Å². The molecule has 1 aliphatic rings. The van der Waals surface area contributed by atoms with E-state index in [4.69, 9.17) is 4.74 Å². The minimum absolute atomic E-state index is 0.121. The number of hydrogen-bond donors (Lipinski definition) is 2. The number of halogens is 1. The summed E-state index contributed by atoms with van der Waals surface area (Å²) in [4.78, 5) is 12.8. The third kappa shape index (κ3) is 4.11. The molecule has 2 N–H and O–H groups in total. The number of hydrogen-bond acceptors (Lipinski definition) is 3. The number of urea groups is 1. The highest BCUT2D eigenvalue weighted by Gasteiger charge is 2.22. The number of ether oxygens (including phenoxy) is 1. The first-order valence-corrected chi connectivity index (χ1v) is 7.65. The van der Waals surface area contributed by atoms with Gasteiger partial charge in [-0.15, -0.1) is 11.8 Å². The molecule has 20 heavy (non-hydrogen) atoms. The summed E-state index contributed by atoms with van der Waals surface area (Å²) in [5.41, 5.74) is 0.869. The first-order valence-electron chi connectivity index (χ1n) is 6.66. The van der Waals surface area contributed by atoms with Gasteiger partial charge in [0.1, 0.15) is 5.82 Å². The average Bonchev–Trinajstić information content (AvgIpc) is 2.44. The number of benzene rings is 1. The lowest BCUT2D eigenvalue weighted by Gasteiger charge is -2.26. The fraction of sp³-hybridized carbons (Fsp3) is 0.500. The van der Waals surface area contributed by atoms with Crippen molar-refractivity contribution in [3.8, 4) is 0 Å². The van der Waals surface area contributed by atoms with Crippen LogP contribution in [0.2, 0.25) is 0 Å². The monoisotopic (exact) mass is 298 g/mol. The molecule has 1 atom stereocenters. The second kappa shape index (κ2) is 7.50. The average molecular weight is 298 g/mol. The first kappa shape index (κ1) is 15.1. The maximum atomic E-state index is 13.3. The van der Waals surface area contributed by atoms with Crippen molar-refractivity contribution in [2.45, 2.75) is 23.8 Å². The number of carbonyl (C=O) groups is 1. The number of nitrogens with one attached hydrogen (secondary N) is 2. The van der Waals surface area contributed by atoms with Gasteiger partial charge in [0, 0.05) is 30.9 Å². The molecule has 0 fully saturated rings. The Kier molecular flexibility index (Phi) is 5.67. The molecule has 2 amide bonds. The molecular formula is C14H19FN2O2S. The van der Waals surface area contributed by atoms with Crippen molar-refractivity contribution in [1.82, 2.24) is 10.6 Å². The van der Waals surface area contributed by atoms with Gasteiger partial charge >= 0.3 is 6.03 Å². The Hall–Kier alpha value is -1.27. The number of methoxy groups -OCH3 is 1. The van der Waals surface area contributed by atoms with Crippen molar-refractivity contribution in [1.29, 1.82) is 0 Å². The maximum Gasteiger partial charge on any atom is 0.315 e. The van der Waals surface area contributed by atoms with E-state index in [1.165, 1.54) is 12.1 Å². The number of amides is 2. The zero-order valence-corrected chi connectivity index (χ0v) is 12.3. The van der Waals surface area contributed by atoms with Crippen molar-refractivity contribution in [3.63, 3.8) is 0 Å². The van der Waals surface area contributed by atoms with Gasteiger partial charge in [-0.1, -0.05) is 0 Å². The highest BCUT2D eigenvalue weighted by Crippen LogP contribution is 2.36. The third-order valence-electron chi connectivity index (χ3n) is 3.13. The largest absolute Gasteiger partial charge is 0.385 e. The van der Waals surface area contributed by atoms with Gasteiger partial charge in [0.2, 0.25) is 0 Å². The van der Waals surface area contributed by atoms with Crippen LogP contribution in [0.3, 0.4) is 0 Å². The van der Waals surface area contributed by atoms with Crippen LogP contribution < -0.4 is 10.6 Å². The highest BCUT2D eigenvalue weighted by atomic mass is 32.2. The summed E-state index contributed by atoms with van der Waals surface area (Å²) >= 11 is 1.70. The van der Waals surface area contributed by atoms with E-state index >= 15 is 0 Å². The minimum atomic E-state index is -0.265.